The smallest absolute Gasteiger partial charge is 0.359 e. The van der Waals surface area contributed by atoms with E-state index in [1.165, 1.54) is 16.0 Å². The molecule has 174 valence electrons. The van der Waals surface area contributed by atoms with Gasteiger partial charge in [-0.3, -0.25) is 9.59 Å². The number of benzene rings is 2. The summed E-state index contributed by atoms with van der Waals surface area (Å²) < 4.78 is 6.38. The third-order valence-electron chi connectivity index (χ3n) is 5.47. The molecular weight excluding hydrogens is 450 g/mol. The predicted octanol–water partition coefficient (Wildman–Crippen LogP) is 5.31. The normalized spacial score (nSPS) is 11.1. The van der Waals surface area contributed by atoms with Gasteiger partial charge >= 0.3 is 5.97 Å². The SMILES string of the molecule is CCOC(=O)c1nn(-c2ccc(C(C)C)cc2)c(=O)c2c(NC(=O)c3ccc(C)cc3)scc12. The molecule has 0 saturated heterocycles. The van der Waals surface area contributed by atoms with Gasteiger partial charge in [0.15, 0.2) is 5.69 Å². The maximum Gasteiger partial charge on any atom is 0.359 e. The number of carbonyl (C=O) groups excluding carboxylic acids is 2. The van der Waals surface area contributed by atoms with Crippen molar-refractivity contribution in [3.8, 4) is 5.69 Å². The summed E-state index contributed by atoms with van der Waals surface area (Å²) in [7, 11) is 0. The number of nitrogens with zero attached hydrogens (tertiary/aromatic N) is 2. The maximum atomic E-state index is 13.5. The highest BCUT2D eigenvalue weighted by Gasteiger charge is 2.23. The molecule has 0 aliphatic heterocycles. The quantitative estimate of drug-likeness (QED) is 0.382. The molecule has 4 aromatic rings. The Balaban J connectivity index is 1.85. The Morgan fingerprint density at radius 3 is 2.38 bits per heavy atom. The summed E-state index contributed by atoms with van der Waals surface area (Å²) in [6.07, 6.45) is 0. The van der Waals surface area contributed by atoms with Gasteiger partial charge in [0, 0.05) is 16.3 Å². The lowest BCUT2D eigenvalue weighted by Crippen LogP contribution is -2.25. The number of aromatic nitrogens is 2. The number of hydrogen-bond donors (Lipinski definition) is 1. The van der Waals surface area contributed by atoms with E-state index in [9.17, 15) is 14.4 Å². The van der Waals surface area contributed by atoms with Crippen LogP contribution in [-0.4, -0.2) is 28.3 Å². The van der Waals surface area contributed by atoms with Crippen LogP contribution in [0.2, 0.25) is 0 Å². The number of esters is 1. The molecule has 2 aromatic heterocycles. The highest BCUT2D eigenvalue weighted by atomic mass is 32.1. The fraction of sp³-hybridized carbons (Fsp3) is 0.231. The van der Waals surface area contributed by atoms with Gasteiger partial charge in [-0.15, -0.1) is 11.3 Å². The van der Waals surface area contributed by atoms with Gasteiger partial charge in [0.2, 0.25) is 0 Å². The molecule has 1 amide bonds. The standard InChI is InChI=1S/C26H25N3O4S/c1-5-33-26(32)22-20-14-34-24(27-23(30)18-8-6-16(4)7-9-18)21(20)25(31)29(28-22)19-12-10-17(11-13-19)15(2)3/h6-15H,5H2,1-4H3,(H,27,30). The average molecular weight is 476 g/mol. The molecule has 0 spiro atoms. The van der Waals surface area contributed by atoms with E-state index in [1.54, 1.807) is 36.6 Å². The molecule has 1 N–H and O–H groups in total. The number of amides is 1. The molecule has 2 aromatic carbocycles. The van der Waals surface area contributed by atoms with Crippen molar-refractivity contribution in [3.63, 3.8) is 0 Å². The highest BCUT2D eigenvalue weighted by Crippen LogP contribution is 2.31. The molecule has 0 aliphatic rings. The molecule has 0 aliphatic carbocycles. The zero-order chi connectivity index (χ0) is 24.4. The van der Waals surface area contributed by atoms with Crippen molar-refractivity contribution in [1.82, 2.24) is 9.78 Å². The van der Waals surface area contributed by atoms with E-state index < -0.39 is 11.5 Å². The summed E-state index contributed by atoms with van der Waals surface area (Å²) >= 11 is 1.17. The van der Waals surface area contributed by atoms with Crippen molar-refractivity contribution in [2.75, 3.05) is 11.9 Å². The number of hydrogen-bond acceptors (Lipinski definition) is 6. The summed E-state index contributed by atoms with van der Waals surface area (Å²) in [5, 5.41) is 9.74. The Morgan fingerprint density at radius 1 is 1.09 bits per heavy atom. The first-order chi connectivity index (χ1) is 16.3. The third-order valence-corrected chi connectivity index (χ3v) is 6.36. The molecule has 8 heteroatoms. The summed E-state index contributed by atoms with van der Waals surface area (Å²) in [6, 6.07) is 14.6. The number of rotatable bonds is 6. The van der Waals surface area contributed by atoms with E-state index in [4.69, 9.17) is 4.74 Å². The third kappa shape index (κ3) is 4.49. The van der Waals surface area contributed by atoms with Crippen molar-refractivity contribution in [2.24, 2.45) is 0 Å². The van der Waals surface area contributed by atoms with Crippen LogP contribution in [0.1, 0.15) is 58.7 Å². The molecule has 34 heavy (non-hydrogen) atoms. The van der Waals surface area contributed by atoms with E-state index in [0.29, 0.717) is 27.6 Å². The van der Waals surface area contributed by atoms with Crippen LogP contribution < -0.4 is 10.9 Å². The van der Waals surface area contributed by atoms with Gasteiger partial charge in [-0.25, -0.2) is 4.79 Å². The van der Waals surface area contributed by atoms with Crippen LogP contribution in [0.4, 0.5) is 5.00 Å². The second kappa shape index (κ2) is 9.61. The topological polar surface area (TPSA) is 90.3 Å². The Labute approximate surface area is 201 Å². The highest BCUT2D eigenvalue weighted by molar-refractivity contribution is 7.16. The molecule has 0 atom stereocenters. The zero-order valence-electron chi connectivity index (χ0n) is 19.4. The second-order valence-corrected chi connectivity index (χ2v) is 9.09. The van der Waals surface area contributed by atoms with E-state index >= 15 is 0 Å². The fourth-order valence-corrected chi connectivity index (χ4v) is 4.48. The zero-order valence-corrected chi connectivity index (χ0v) is 20.2. The minimum absolute atomic E-state index is 0.0245. The predicted molar refractivity (Wildman–Crippen MR) is 134 cm³/mol. The molecule has 7 nitrogen and oxygen atoms in total. The molecule has 0 bridgehead atoms. The van der Waals surface area contributed by atoms with E-state index in [1.807, 2.05) is 31.2 Å². The number of aryl methyl sites for hydroxylation is 1. The monoisotopic (exact) mass is 475 g/mol. The van der Waals surface area contributed by atoms with Gasteiger partial charge < -0.3 is 10.1 Å². The van der Waals surface area contributed by atoms with Crippen LogP contribution in [0.25, 0.3) is 16.5 Å². The van der Waals surface area contributed by atoms with Gasteiger partial charge in [-0.05, 0) is 49.6 Å². The van der Waals surface area contributed by atoms with E-state index in [-0.39, 0.29) is 23.6 Å². The molecule has 2 heterocycles. The molecular formula is C26H25N3O4S. The summed E-state index contributed by atoms with van der Waals surface area (Å²) in [5.41, 5.74) is 2.73. The van der Waals surface area contributed by atoms with Gasteiger partial charge in [-0.1, -0.05) is 43.7 Å². The number of thiophene rings is 1. The Morgan fingerprint density at radius 2 is 1.76 bits per heavy atom. The first kappa shape index (κ1) is 23.4. The maximum absolute atomic E-state index is 13.5. The van der Waals surface area contributed by atoms with Crippen LogP contribution in [0, 0.1) is 6.92 Å². The average Bonchev–Trinajstić information content (AvgIpc) is 3.24. The first-order valence-electron chi connectivity index (χ1n) is 11.0. The second-order valence-electron chi connectivity index (χ2n) is 8.21. The number of ether oxygens (including phenoxy) is 1. The van der Waals surface area contributed by atoms with Crippen molar-refractivity contribution in [2.45, 2.75) is 33.6 Å². The van der Waals surface area contributed by atoms with Crippen LogP contribution in [0.3, 0.4) is 0 Å². The Bertz CT molecular complexity index is 1420. The van der Waals surface area contributed by atoms with Crippen LogP contribution in [0.5, 0.6) is 0 Å². The van der Waals surface area contributed by atoms with Gasteiger partial charge in [0.1, 0.15) is 5.00 Å². The van der Waals surface area contributed by atoms with Crippen LogP contribution in [0.15, 0.2) is 58.7 Å². The van der Waals surface area contributed by atoms with Gasteiger partial charge in [0.25, 0.3) is 11.5 Å². The number of fused-ring (bicyclic) bond motifs is 1. The van der Waals surface area contributed by atoms with Gasteiger partial charge in [-0.2, -0.15) is 9.78 Å². The lowest BCUT2D eigenvalue weighted by Gasteiger charge is -2.11. The molecule has 0 fully saturated rings. The van der Waals surface area contributed by atoms with Gasteiger partial charge in [0.05, 0.1) is 17.7 Å². The molecule has 0 radical (unpaired) electrons. The van der Waals surface area contributed by atoms with Crippen molar-refractivity contribution in [3.05, 3.63) is 86.6 Å². The summed E-state index contributed by atoms with van der Waals surface area (Å²) in [4.78, 5) is 39.1. The summed E-state index contributed by atoms with van der Waals surface area (Å²) in [5.74, 6) is -0.642. The number of carbonyl (C=O) groups is 2. The largest absolute Gasteiger partial charge is 0.461 e. The first-order valence-corrected chi connectivity index (χ1v) is 11.9. The minimum atomic E-state index is -0.630. The Kier molecular flexibility index (Phi) is 6.61. The summed E-state index contributed by atoms with van der Waals surface area (Å²) in [6.45, 7) is 7.98. The molecule has 0 saturated carbocycles. The van der Waals surface area contributed by atoms with Crippen LogP contribution >= 0.6 is 11.3 Å². The number of anilines is 1. The Hall–Kier alpha value is -3.78. The van der Waals surface area contributed by atoms with Crippen molar-refractivity contribution < 1.29 is 14.3 Å². The molecule has 4 rings (SSSR count). The number of nitrogens with one attached hydrogen (secondary N) is 1. The fourth-order valence-electron chi connectivity index (χ4n) is 3.55. The van der Waals surface area contributed by atoms with Crippen molar-refractivity contribution >= 4 is 39.0 Å². The van der Waals surface area contributed by atoms with E-state index in [2.05, 4.69) is 24.3 Å². The van der Waals surface area contributed by atoms with E-state index in [0.717, 1.165) is 11.1 Å². The lowest BCUT2D eigenvalue weighted by atomic mass is 10.0. The van der Waals surface area contributed by atoms with Crippen LogP contribution in [-0.2, 0) is 4.74 Å². The molecule has 0 unspecified atom stereocenters. The van der Waals surface area contributed by atoms with Crippen molar-refractivity contribution in [1.29, 1.82) is 0 Å². The lowest BCUT2D eigenvalue weighted by molar-refractivity contribution is 0.0520. The minimum Gasteiger partial charge on any atom is -0.461 e.